The molecule has 0 bridgehead atoms. The van der Waals surface area contributed by atoms with Crippen molar-refractivity contribution >= 4 is 11.6 Å². The number of carbonyl (C=O) groups excluding carboxylic acids is 1. The van der Waals surface area contributed by atoms with E-state index < -0.39 is 17.5 Å². The van der Waals surface area contributed by atoms with Crippen molar-refractivity contribution in [2.24, 2.45) is 0 Å². The summed E-state index contributed by atoms with van der Waals surface area (Å²) in [6, 6.07) is 1.59. The molecule has 1 fully saturated rings. The van der Waals surface area contributed by atoms with E-state index in [0.29, 0.717) is 26.3 Å². The van der Waals surface area contributed by atoms with Crippen molar-refractivity contribution in [3.05, 3.63) is 29.3 Å². The van der Waals surface area contributed by atoms with E-state index in [1.54, 1.807) is 5.01 Å². The van der Waals surface area contributed by atoms with Crippen LogP contribution in [0.4, 0.5) is 14.5 Å². The lowest BCUT2D eigenvalue weighted by Crippen LogP contribution is -2.48. The molecule has 2 rings (SSSR count). The summed E-state index contributed by atoms with van der Waals surface area (Å²) in [6.07, 6.45) is 0. The number of hydrogen-bond donors (Lipinski definition) is 2. The van der Waals surface area contributed by atoms with Gasteiger partial charge in [-0.25, -0.2) is 13.8 Å². The minimum absolute atomic E-state index is 0.0830. The molecule has 1 aliphatic heterocycles. The molecule has 1 aliphatic rings. The average molecular weight is 257 g/mol. The van der Waals surface area contributed by atoms with Gasteiger partial charge in [0, 0.05) is 24.8 Å². The molecule has 1 amide bonds. The molecule has 0 radical (unpaired) electrons. The Balaban J connectivity index is 2.10. The van der Waals surface area contributed by atoms with E-state index in [9.17, 15) is 13.6 Å². The van der Waals surface area contributed by atoms with E-state index in [-0.39, 0.29) is 11.3 Å². The summed E-state index contributed by atoms with van der Waals surface area (Å²) in [5, 5.41) is 1.65. The Morgan fingerprint density at radius 3 is 2.56 bits per heavy atom. The third-order valence-electron chi connectivity index (χ3n) is 2.61. The number of rotatable bonds is 2. The zero-order chi connectivity index (χ0) is 13.1. The Kier molecular flexibility index (Phi) is 3.73. The molecule has 18 heavy (non-hydrogen) atoms. The van der Waals surface area contributed by atoms with E-state index in [2.05, 4.69) is 5.43 Å². The fourth-order valence-corrected chi connectivity index (χ4v) is 1.64. The highest BCUT2D eigenvalue weighted by Gasteiger charge is 2.18. The highest BCUT2D eigenvalue weighted by atomic mass is 19.2. The molecular formula is C11H13F2N3O2. The van der Waals surface area contributed by atoms with Gasteiger partial charge in [0.15, 0.2) is 11.6 Å². The number of benzene rings is 1. The SMILES string of the molecule is Nc1cc(F)c(F)cc1C(=O)NN1CCOCC1. The normalized spacial score (nSPS) is 16.6. The number of nitrogens with zero attached hydrogens (tertiary/aromatic N) is 1. The van der Waals surface area contributed by atoms with Crippen LogP contribution in [-0.2, 0) is 4.74 Å². The van der Waals surface area contributed by atoms with Gasteiger partial charge in [0.2, 0.25) is 0 Å². The highest BCUT2D eigenvalue weighted by molar-refractivity contribution is 5.98. The third-order valence-corrected chi connectivity index (χ3v) is 2.61. The van der Waals surface area contributed by atoms with Crippen LogP contribution in [0, 0.1) is 11.6 Å². The summed E-state index contributed by atoms with van der Waals surface area (Å²) >= 11 is 0. The van der Waals surface area contributed by atoms with Gasteiger partial charge >= 0.3 is 0 Å². The topological polar surface area (TPSA) is 67.6 Å². The summed E-state index contributed by atoms with van der Waals surface area (Å²) < 4.78 is 31.0. The first-order chi connectivity index (χ1) is 8.58. The number of amides is 1. The minimum atomic E-state index is -1.10. The molecule has 3 N–H and O–H groups in total. The number of nitrogen functional groups attached to an aromatic ring is 1. The molecule has 1 saturated heterocycles. The van der Waals surface area contributed by atoms with Gasteiger partial charge in [0.05, 0.1) is 18.8 Å². The van der Waals surface area contributed by atoms with Gasteiger partial charge in [0.25, 0.3) is 5.91 Å². The van der Waals surface area contributed by atoms with Crippen LogP contribution in [0.1, 0.15) is 10.4 Å². The van der Waals surface area contributed by atoms with Crippen LogP contribution in [0.2, 0.25) is 0 Å². The first-order valence-electron chi connectivity index (χ1n) is 5.46. The predicted octanol–water partition coefficient (Wildman–Crippen LogP) is 0.524. The van der Waals surface area contributed by atoms with Crippen molar-refractivity contribution in [3.63, 3.8) is 0 Å². The van der Waals surface area contributed by atoms with Crippen LogP contribution in [0.15, 0.2) is 12.1 Å². The zero-order valence-corrected chi connectivity index (χ0v) is 9.58. The monoisotopic (exact) mass is 257 g/mol. The summed E-state index contributed by atoms with van der Waals surface area (Å²) in [6.45, 7) is 2.09. The lowest BCUT2D eigenvalue weighted by Gasteiger charge is -2.27. The summed E-state index contributed by atoms with van der Waals surface area (Å²) in [5.74, 6) is -2.74. The van der Waals surface area contributed by atoms with E-state index in [4.69, 9.17) is 10.5 Å². The van der Waals surface area contributed by atoms with E-state index >= 15 is 0 Å². The molecule has 1 aromatic rings. The van der Waals surface area contributed by atoms with Crippen molar-refractivity contribution in [2.75, 3.05) is 32.0 Å². The van der Waals surface area contributed by atoms with Gasteiger partial charge in [0.1, 0.15) is 0 Å². The largest absolute Gasteiger partial charge is 0.398 e. The molecule has 0 atom stereocenters. The number of carbonyl (C=O) groups is 1. The van der Waals surface area contributed by atoms with Crippen LogP contribution in [0.3, 0.4) is 0 Å². The zero-order valence-electron chi connectivity index (χ0n) is 9.58. The Morgan fingerprint density at radius 2 is 1.89 bits per heavy atom. The predicted molar refractivity (Wildman–Crippen MR) is 60.6 cm³/mol. The van der Waals surface area contributed by atoms with E-state index in [0.717, 1.165) is 12.1 Å². The van der Waals surface area contributed by atoms with Crippen molar-refractivity contribution < 1.29 is 18.3 Å². The van der Waals surface area contributed by atoms with Gasteiger partial charge in [-0.05, 0) is 6.07 Å². The average Bonchev–Trinajstić information content (AvgIpc) is 2.35. The van der Waals surface area contributed by atoms with Gasteiger partial charge in [-0.1, -0.05) is 0 Å². The molecule has 0 aliphatic carbocycles. The Hall–Kier alpha value is -1.73. The highest BCUT2D eigenvalue weighted by Crippen LogP contribution is 2.17. The number of ether oxygens (including phenoxy) is 1. The Labute approximate surface area is 102 Å². The fourth-order valence-electron chi connectivity index (χ4n) is 1.64. The lowest BCUT2D eigenvalue weighted by atomic mass is 10.1. The molecule has 0 saturated carbocycles. The molecule has 7 heteroatoms. The van der Waals surface area contributed by atoms with Crippen molar-refractivity contribution in [1.82, 2.24) is 10.4 Å². The van der Waals surface area contributed by atoms with Gasteiger partial charge < -0.3 is 10.5 Å². The Morgan fingerprint density at radius 1 is 1.28 bits per heavy atom. The van der Waals surface area contributed by atoms with Crippen LogP contribution >= 0.6 is 0 Å². The molecule has 98 valence electrons. The molecule has 5 nitrogen and oxygen atoms in total. The standard InChI is InChI=1S/C11H13F2N3O2/c12-8-5-7(10(14)6-9(8)13)11(17)15-16-1-3-18-4-2-16/h5-6H,1-4,14H2,(H,15,17). The molecular weight excluding hydrogens is 244 g/mol. The maximum absolute atomic E-state index is 13.1. The van der Waals surface area contributed by atoms with Gasteiger partial charge in [-0.3, -0.25) is 10.2 Å². The van der Waals surface area contributed by atoms with E-state index in [1.165, 1.54) is 0 Å². The second kappa shape index (κ2) is 5.28. The second-order valence-electron chi connectivity index (χ2n) is 3.89. The van der Waals surface area contributed by atoms with Gasteiger partial charge in [-0.2, -0.15) is 0 Å². The molecule has 0 aromatic heterocycles. The number of nitrogens with one attached hydrogen (secondary N) is 1. The van der Waals surface area contributed by atoms with E-state index in [1.807, 2.05) is 0 Å². The van der Waals surface area contributed by atoms with Crippen molar-refractivity contribution in [2.45, 2.75) is 0 Å². The first kappa shape index (κ1) is 12.7. The van der Waals surface area contributed by atoms with Crippen molar-refractivity contribution in [3.8, 4) is 0 Å². The smallest absolute Gasteiger partial charge is 0.267 e. The third kappa shape index (κ3) is 2.74. The molecule has 0 spiro atoms. The summed E-state index contributed by atoms with van der Waals surface area (Å²) in [7, 11) is 0. The number of nitrogens with two attached hydrogens (primary N) is 1. The number of morpholine rings is 1. The maximum Gasteiger partial charge on any atom is 0.267 e. The second-order valence-corrected chi connectivity index (χ2v) is 3.89. The van der Waals surface area contributed by atoms with Crippen LogP contribution in [0.5, 0.6) is 0 Å². The molecule has 1 heterocycles. The quantitative estimate of drug-likeness (QED) is 0.758. The maximum atomic E-state index is 13.1. The number of halogens is 2. The fraction of sp³-hybridized carbons (Fsp3) is 0.364. The van der Waals surface area contributed by atoms with Crippen LogP contribution in [-0.4, -0.2) is 37.2 Å². The minimum Gasteiger partial charge on any atom is -0.398 e. The lowest BCUT2D eigenvalue weighted by molar-refractivity contribution is 0.0126. The van der Waals surface area contributed by atoms with Crippen molar-refractivity contribution in [1.29, 1.82) is 0 Å². The number of anilines is 1. The van der Waals surface area contributed by atoms with Crippen LogP contribution in [0.25, 0.3) is 0 Å². The van der Waals surface area contributed by atoms with Crippen LogP contribution < -0.4 is 11.2 Å². The first-order valence-corrected chi connectivity index (χ1v) is 5.46. The summed E-state index contributed by atoms with van der Waals surface area (Å²) in [5.41, 5.74) is 7.87. The molecule has 1 aromatic carbocycles. The number of hydrogen-bond acceptors (Lipinski definition) is 4. The Bertz CT molecular complexity index is 462. The summed E-state index contributed by atoms with van der Waals surface area (Å²) in [4.78, 5) is 11.8. The van der Waals surface area contributed by atoms with Gasteiger partial charge in [-0.15, -0.1) is 0 Å². The molecule has 0 unspecified atom stereocenters. The number of hydrazine groups is 1.